The summed E-state index contributed by atoms with van der Waals surface area (Å²) >= 11 is 18.2. The molecule has 28 heteroatoms. The largest absolute Gasteiger partial charge is 0.351 e. The smallest absolute Gasteiger partial charge is 0.255 e. The molecule has 0 bridgehead atoms. The number of carbonyl (C=O) groups is 4. The highest BCUT2D eigenvalue weighted by atomic mass is 35.5. The van der Waals surface area contributed by atoms with Gasteiger partial charge >= 0.3 is 0 Å². The van der Waals surface area contributed by atoms with Gasteiger partial charge in [0.05, 0.1) is 49.8 Å². The molecule has 23 rings (SSSR count). The molecule has 0 spiro atoms. The monoisotopic (exact) mass is 1990 g/mol. The summed E-state index contributed by atoms with van der Waals surface area (Å²) in [6, 6.07) is 93.3. The minimum atomic E-state index is -0.292. The fraction of sp³-hybridized carbons (Fsp3) is 0.161. The summed E-state index contributed by atoms with van der Waals surface area (Å²) < 4.78 is 20.1. The number of carbonyl (C=O) groups excluding carboxylic acids is 4. The number of piperidine rings is 1. The van der Waals surface area contributed by atoms with Crippen molar-refractivity contribution < 1.29 is 23.6 Å². The highest BCUT2D eigenvalue weighted by molar-refractivity contribution is 6.31. The number of likely N-dealkylation sites (tertiary alicyclic amines) is 1. The molecule has 0 radical (unpaired) electrons. The lowest BCUT2D eigenvalue weighted by Gasteiger charge is -2.33. The van der Waals surface area contributed by atoms with Crippen LogP contribution in [0.4, 0.5) is 4.39 Å². The maximum atomic E-state index is 13.4. The van der Waals surface area contributed by atoms with Crippen LogP contribution < -0.4 is 43.5 Å². The first-order chi connectivity index (χ1) is 70.9. The van der Waals surface area contributed by atoms with Gasteiger partial charge in [0, 0.05) is 210 Å². The number of amides is 4. The Morgan fingerprint density at radius 3 is 0.979 bits per heavy atom. The van der Waals surface area contributed by atoms with Crippen LogP contribution in [-0.2, 0) is 0 Å². The van der Waals surface area contributed by atoms with Gasteiger partial charge in [0.1, 0.15) is 11.3 Å². The lowest BCUT2D eigenvalue weighted by atomic mass is 10.0. The number of hydrogen-bond acceptors (Lipinski definition) is 16. The van der Waals surface area contributed by atoms with Gasteiger partial charge in [-0.3, -0.25) is 76.6 Å². The Labute approximate surface area is 853 Å². The van der Waals surface area contributed by atoms with Crippen LogP contribution >= 0.6 is 34.8 Å². The Morgan fingerprint density at radius 2 is 0.630 bits per heavy atom. The molecule has 3 fully saturated rings. The maximum Gasteiger partial charge on any atom is 0.255 e. The van der Waals surface area contributed by atoms with E-state index in [-0.39, 0.29) is 69.8 Å². The van der Waals surface area contributed by atoms with E-state index in [1.807, 2.05) is 165 Å². The molecule has 1 saturated heterocycles. The lowest BCUT2D eigenvalue weighted by Crippen LogP contribution is -2.46. The molecule has 2 saturated carbocycles. The molecule has 10 heterocycles. The van der Waals surface area contributed by atoms with Crippen molar-refractivity contribution in [1.82, 2.24) is 79.2 Å². The molecule has 11 aromatic carbocycles. The van der Waals surface area contributed by atoms with Crippen LogP contribution in [0.15, 0.2) is 353 Å². The van der Waals surface area contributed by atoms with Crippen molar-refractivity contribution in [3.63, 3.8) is 0 Å². The number of rotatable bonds is 21. The second kappa shape index (κ2) is 42.6. The predicted molar refractivity (Wildman–Crippen MR) is 581 cm³/mol. The number of nitrogens with zero attached hydrogens (tertiary/aromatic N) is 12. The molecule has 24 nitrogen and oxygen atoms in total. The van der Waals surface area contributed by atoms with Crippen LogP contribution in [0.3, 0.4) is 0 Å². The number of benzene rings is 11. The second-order valence-electron chi connectivity index (χ2n) is 37.2. The Kier molecular flexibility index (Phi) is 28.4. The van der Waals surface area contributed by atoms with E-state index in [0.717, 1.165) is 187 Å². The van der Waals surface area contributed by atoms with Crippen LogP contribution in [0.2, 0.25) is 15.1 Å². The third kappa shape index (κ3) is 21.8. The summed E-state index contributed by atoms with van der Waals surface area (Å²) in [7, 11) is 8.10. The highest BCUT2D eigenvalue weighted by Gasteiger charge is 2.28. The van der Waals surface area contributed by atoms with E-state index in [4.69, 9.17) is 39.8 Å². The average molecular weight is 1990 g/mol. The minimum absolute atomic E-state index is 0.0826. The van der Waals surface area contributed by atoms with Crippen LogP contribution in [-0.4, -0.2) is 167 Å². The molecule has 3 aliphatic rings. The van der Waals surface area contributed by atoms with Crippen molar-refractivity contribution in [2.45, 2.75) is 56.7 Å². The zero-order valence-electron chi connectivity index (χ0n) is 80.1. The number of nitrogens with one attached hydrogen (secondary N) is 4. The van der Waals surface area contributed by atoms with Crippen molar-refractivity contribution in [2.75, 3.05) is 67.5 Å². The molecule has 146 heavy (non-hydrogen) atoms. The van der Waals surface area contributed by atoms with Gasteiger partial charge < -0.3 is 36.0 Å². The summed E-state index contributed by atoms with van der Waals surface area (Å²) in [4.78, 5) is 133. The number of likely N-dealkylation sites (N-methyl/N-ethyl adjacent to an activating group) is 2. The lowest BCUT2D eigenvalue weighted by molar-refractivity contribution is 0.0905. The van der Waals surface area contributed by atoms with Crippen molar-refractivity contribution >= 4 is 146 Å². The van der Waals surface area contributed by atoms with Gasteiger partial charge in [0.15, 0.2) is 0 Å². The first-order valence-corrected chi connectivity index (χ1v) is 49.4. The van der Waals surface area contributed by atoms with E-state index in [2.05, 4.69) is 77.2 Å². The second-order valence-corrected chi connectivity index (χ2v) is 38.5. The van der Waals surface area contributed by atoms with E-state index in [0.29, 0.717) is 83.2 Å². The normalized spacial score (nSPS) is 13.2. The Balaban J connectivity index is 0.000000119. The Hall–Kier alpha value is -16.4. The Bertz CT molecular complexity index is 8430. The fourth-order valence-electron chi connectivity index (χ4n) is 18.2. The first-order valence-electron chi connectivity index (χ1n) is 48.2. The molecule has 9 aromatic heterocycles. The highest BCUT2D eigenvalue weighted by Crippen LogP contribution is 2.37. The van der Waals surface area contributed by atoms with E-state index in [1.54, 1.807) is 170 Å². The molecular weight excluding hydrogens is 1890 g/mol. The molecule has 2 aliphatic carbocycles. The van der Waals surface area contributed by atoms with Crippen LogP contribution in [0.25, 0.3) is 155 Å². The van der Waals surface area contributed by atoms with Crippen molar-refractivity contribution in [3.05, 3.63) is 419 Å². The van der Waals surface area contributed by atoms with Crippen molar-refractivity contribution in [3.8, 4) is 67.4 Å². The third-order valence-corrected chi connectivity index (χ3v) is 27.2. The van der Waals surface area contributed by atoms with Gasteiger partial charge in [-0.2, -0.15) is 0 Å². The number of pyridine rings is 9. The average Bonchev–Trinajstić information content (AvgIpc) is 1.37. The standard InChI is InChI=1S/C34H34ClN5O2.C29H25ClN4O2.C28H20FN3O2.C27H19ClN4O2/c1-38(2)19-20-39-17-15-28(16-18-39)37-34(42)24-5-11-29(12-6-24)40-32(41)14-8-26-22-36-31-13-7-25(21-30(31)33(26)40)23-3-9-27(35)10-4-23;1-33(2)16-15-31-29(36)20-5-11-24(12-6-20)34-27(35)14-8-22-18-32-26-13-7-21(17-25(26)28(22)34)19-3-9-23(30)10-4-19;29-21-7-1-17(2-8-21)19-5-13-25-24(15-19)27-20(16-30-25)6-14-26(33)32(27)23-11-3-18(4-12-23)28(34)31-22-9-10-22;28-19-6-1-16(2-7-19)22-12-13-23-25(31-22)26-18(15-29-23)5-14-24(33)32(26)21-10-3-17(4-11-21)27(34)30-20-8-9-20/h3-14,21-22,28H,15-20H2,1-2H3,(H,37,42);3-14,17-18H,15-16H2,1-2H3,(H,31,36);1-8,11-16,22H,9-10H2,(H,31,34);1-7,10-15,20H,8-9H2,(H,30,34). The van der Waals surface area contributed by atoms with Crippen molar-refractivity contribution in [2.24, 2.45) is 0 Å². The molecule has 1 aliphatic heterocycles. The summed E-state index contributed by atoms with van der Waals surface area (Å²) in [6.07, 6.45) is 13.1. The Morgan fingerprint density at radius 1 is 0.329 bits per heavy atom. The summed E-state index contributed by atoms with van der Waals surface area (Å²) in [5.74, 6) is -0.711. The van der Waals surface area contributed by atoms with E-state index in [9.17, 15) is 42.7 Å². The van der Waals surface area contributed by atoms with Gasteiger partial charge in [0.2, 0.25) is 0 Å². The van der Waals surface area contributed by atoms with Crippen LogP contribution in [0, 0.1) is 5.82 Å². The van der Waals surface area contributed by atoms with Crippen molar-refractivity contribution in [1.29, 1.82) is 0 Å². The molecule has 4 amide bonds. The van der Waals surface area contributed by atoms with Gasteiger partial charge in [-0.15, -0.1) is 0 Å². The zero-order valence-corrected chi connectivity index (χ0v) is 82.4. The molecule has 20 aromatic rings. The molecule has 0 unspecified atom stereocenters. The van der Waals surface area contributed by atoms with Gasteiger partial charge in [-0.1, -0.05) is 102 Å². The number of aromatic nitrogens is 9. The number of fused-ring (bicyclic) bond motifs is 12. The van der Waals surface area contributed by atoms with Gasteiger partial charge in [0.25, 0.3) is 45.9 Å². The number of hydrogen-bond donors (Lipinski definition) is 4. The van der Waals surface area contributed by atoms with Gasteiger partial charge in [-0.05, 0) is 318 Å². The first kappa shape index (κ1) is 97.1. The molecular formula is C118H98Cl3FN16O8. The summed E-state index contributed by atoms with van der Waals surface area (Å²) in [6.45, 7) is 5.39. The predicted octanol–water partition coefficient (Wildman–Crippen LogP) is 21.1. The zero-order chi connectivity index (χ0) is 101. The molecule has 4 N–H and O–H groups in total. The minimum Gasteiger partial charge on any atom is -0.351 e. The summed E-state index contributed by atoms with van der Waals surface area (Å²) in [5, 5.41) is 20.0. The maximum absolute atomic E-state index is 13.4. The van der Waals surface area contributed by atoms with Crippen LogP contribution in [0.1, 0.15) is 80.0 Å². The fourth-order valence-corrected chi connectivity index (χ4v) is 18.6. The quantitative estimate of drug-likeness (QED) is 0.0487. The molecule has 726 valence electrons. The summed E-state index contributed by atoms with van der Waals surface area (Å²) in [5.41, 5.74) is 18.4. The van der Waals surface area contributed by atoms with E-state index >= 15 is 0 Å². The third-order valence-electron chi connectivity index (χ3n) is 26.4. The molecule has 0 atom stereocenters. The van der Waals surface area contributed by atoms with E-state index < -0.39 is 0 Å². The van der Waals surface area contributed by atoms with E-state index in [1.165, 1.54) is 24.3 Å². The van der Waals surface area contributed by atoms with Crippen LogP contribution in [0.5, 0.6) is 0 Å². The number of halogens is 4. The topological polar surface area (TPSA) is 279 Å². The SMILES string of the molecule is CN(C)CCN1CCC(NC(=O)c2ccc(-n3c(=O)ccc4cnc5ccc(-c6ccc(Cl)cc6)cc5c43)cc2)CC1.CN(C)CCNC(=O)c1ccc(-n2c(=O)ccc3cnc4ccc(-c5ccc(Cl)cc5)cc4c32)cc1.O=C(NC1CC1)c1ccc(-n2c(=O)ccc3cnc4ccc(-c5ccc(Cl)cc5)nc4c32)cc1.O=C(NC1CC1)c1ccc(-n2c(=O)ccc3cnc4ccc(-c5ccc(F)cc5)cc4c32)cc1. The van der Waals surface area contributed by atoms with Gasteiger partial charge in [-0.25, -0.2) is 9.37 Å².